The number of carboxylic acids is 1. The fourth-order valence-electron chi connectivity index (χ4n) is 1.45. The number of benzene rings is 1. The third-order valence-corrected chi connectivity index (χ3v) is 3.27. The lowest BCUT2D eigenvalue weighted by molar-refractivity contribution is -0.131. The first kappa shape index (κ1) is 11.6. The highest BCUT2D eigenvalue weighted by Crippen LogP contribution is 2.31. The number of carboxylic acid groups (broad SMARTS) is 1. The molecule has 17 heavy (non-hydrogen) atoms. The molecule has 1 N–H and O–H groups in total. The van der Waals surface area contributed by atoms with Gasteiger partial charge in [-0.25, -0.2) is 9.79 Å². The third-order valence-electron chi connectivity index (χ3n) is 2.25. The maximum atomic E-state index is 11.5. The SMILES string of the molecule is Cc1ccccc1C1=NC(=O)/C(=C\C(=O)O)S1. The molecule has 0 saturated heterocycles. The summed E-state index contributed by atoms with van der Waals surface area (Å²) in [6, 6.07) is 7.53. The number of hydrogen-bond donors (Lipinski definition) is 1. The van der Waals surface area contributed by atoms with E-state index in [-0.39, 0.29) is 4.91 Å². The molecule has 0 spiro atoms. The van der Waals surface area contributed by atoms with Crippen LogP contribution in [0.15, 0.2) is 40.2 Å². The molecule has 0 saturated carbocycles. The Morgan fingerprint density at radius 2 is 2.12 bits per heavy atom. The van der Waals surface area contributed by atoms with Gasteiger partial charge in [0.1, 0.15) is 5.04 Å². The zero-order chi connectivity index (χ0) is 12.4. The summed E-state index contributed by atoms with van der Waals surface area (Å²) >= 11 is 1.10. The van der Waals surface area contributed by atoms with Crippen LogP contribution in [0.25, 0.3) is 0 Å². The maximum absolute atomic E-state index is 11.5. The molecular formula is C12H9NO3S. The minimum absolute atomic E-state index is 0.149. The van der Waals surface area contributed by atoms with Gasteiger partial charge in [-0.15, -0.1) is 0 Å². The van der Waals surface area contributed by atoms with Gasteiger partial charge in [-0.05, 0) is 12.5 Å². The predicted octanol–water partition coefficient (Wildman–Crippen LogP) is 1.98. The van der Waals surface area contributed by atoms with E-state index in [2.05, 4.69) is 4.99 Å². The minimum Gasteiger partial charge on any atom is -0.478 e. The number of carbonyl (C=O) groups is 2. The standard InChI is InChI=1S/C12H9NO3S/c1-7-4-2-3-5-8(7)12-13-11(16)9(17-12)6-10(14)15/h2-6H,1H3,(H,14,15)/b9-6+. The smallest absolute Gasteiger partial charge is 0.329 e. The van der Waals surface area contributed by atoms with E-state index in [1.54, 1.807) is 0 Å². The van der Waals surface area contributed by atoms with Crippen LogP contribution in [0.4, 0.5) is 0 Å². The van der Waals surface area contributed by atoms with Gasteiger partial charge in [0.25, 0.3) is 5.91 Å². The number of aliphatic carboxylic acids is 1. The predicted molar refractivity (Wildman–Crippen MR) is 66.0 cm³/mol. The summed E-state index contributed by atoms with van der Waals surface area (Å²) < 4.78 is 0. The highest BCUT2D eigenvalue weighted by Gasteiger charge is 2.24. The van der Waals surface area contributed by atoms with E-state index in [0.29, 0.717) is 5.04 Å². The number of carbonyl (C=O) groups excluding carboxylic acids is 1. The Morgan fingerprint density at radius 3 is 2.76 bits per heavy atom. The van der Waals surface area contributed by atoms with Crippen LogP contribution < -0.4 is 0 Å². The van der Waals surface area contributed by atoms with Gasteiger partial charge in [0, 0.05) is 11.6 Å². The Hall–Kier alpha value is -1.88. The van der Waals surface area contributed by atoms with Gasteiger partial charge in [0.2, 0.25) is 0 Å². The summed E-state index contributed by atoms with van der Waals surface area (Å²) in [4.78, 5) is 26.0. The highest BCUT2D eigenvalue weighted by atomic mass is 32.2. The molecule has 0 radical (unpaired) electrons. The number of hydrogen-bond acceptors (Lipinski definition) is 3. The topological polar surface area (TPSA) is 66.7 Å². The molecule has 5 heteroatoms. The molecule has 86 valence electrons. The molecule has 0 aliphatic carbocycles. The van der Waals surface area contributed by atoms with E-state index >= 15 is 0 Å². The van der Waals surface area contributed by atoms with Gasteiger partial charge in [-0.2, -0.15) is 0 Å². The van der Waals surface area contributed by atoms with E-state index in [0.717, 1.165) is 29.0 Å². The summed E-state index contributed by atoms with van der Waals surface area (Å²) in [5, 5.41) is 9.17. The van der Waals surface area contributed by atoms with Crippen molar-refractivity contribution in [3.05, 3.63) is 46.4 Å². The molecule has 1 aliphatic heterocycles. The summed E-state index contributed by atoms with van der Waals surface area (Å²) in [5.41, 5.74) is 1.86. The second-order valence-electron chi connectivity index (χ2n) is 3.49. The van der Waals surface area contributed by atoms with Crippen molar-refractivity contribution >= 4 is 28.7 Å². The average molecular weight is 247 g/mol. The zero-order valence-corrected chi connectivity index (χ0v) is 9.82. The average Bonchev–Trinajstić information content (AvgIpc) is 2.60. The minimum atomic E-state index is -1.14. The number of rotatable bonds is 2. The Labute approximate surface area is 102 Å². The molecule has 1 heterocycles. The summed E-state index contributed by atoms with van der Waals surface area (Å²) in [5.74, 6) is -1.63. The van der Waals surface area contributed by atoms with E-state index < -0.39 is 11.9 Å². The maximum Gasteiger partial charge on any atom is 0.329 e. The number of amides is 1. The molecule has 1 aromatic rings. The largest absolute Gasteiger partial charge is 0.478 e. The van der Waals surface area contributed by atoms with Crippen molar-refractivity contribution in [2.75, 3.05) is 0 Å². The second kappa shape index (κ2) is 4.55. The van der Waals surface area contributed by atoms with Crippen LogP contribution >= 0.6 is 11.8 Å². The molecule has 0 bridgehead atoms. The van der Waals surface area contributed by atoms with Crippen molar-refractivity contribution in [1.29, 1.82) is 0 Å². The van der Waals surface area contributed by atoms with Gasteiger partial charge in [-0.3, -0.25) is 4.79 Å². The first-order chi connectivity index (χ1) is 8.08. The van der Waals surface area contributed by atoms with Crippen molar-refractivity contribution in [3.8, 4) is 0 Å². The van der Waals surface area contributed by atoms with E-state index in [9.17, 15) is 9.59 Å². The Morgan fingerprint density at radius 1 is 1.41 bits per heavy atom. The van der Waals surface area contributed by atoms with E-state index in [4.69, 9.17) is 5.11 Å². The molecule has 0 atom stereocenters. The monoisotopic (exact) mass is 247 g/mol. The molecule has 1 aromatic carbocycles. The van der Waals surface area contributed by atoms with Gasteiger partial charge >= 0.3 is 5.97 Å². The summed E-state index contributed by atoms with van der Waals surface area (Å²) in [7, 11) is 0. The van der Waals surface area contributed by atoms with Crippen molar-refractivity contribution in [2.24, 2.45) is 4.99 Å². The van der Waals surface area contributed by atoms with Crippen LogP contribution in [0, 0.1) is 6.92 Å². The Balaban J connectivity index is 2.34. The van der Waals surface area contributed by atoms with Crippen LogP contribution in [-0.2, 0) is 9.59 Å². The molecule has 0 unspecified atom stereocenters. The normalized spacial score (nSPS) is 17.4. The Bertz CT molecular complexity index is 561. The molecule has 0 fully saturated rings. The van der Waals surface area contributed by atoms with Crippen LogP contribution in [0.3, 0.4) is 0 Å². The van der Waals surface area contributed by atoms with Gasteiger partial charge in [0.05, 0.1) is 4.91 Å². The lowest BCUT2D eigenvalue weighted by Crippen LogP contribution is -1.95. The lowest BCUT2D eigenvalue weighted by atomic mass is 10.1. The first-order valence-electron chi connectivity index (χ1n) is 4.89. The zero-order valence-electron chi connectivity index (χ0n) is 9.01. The van der Waals surface area contributed by atoms with Crippen LogP contribution in [0.1, 0.15) is 11.1 Å². The fraction of sp³-hybridized carbons (Fsp3) is 0.0833. The Kier molecular flexibility index (Phi) is 3.10. The molecule has 0 aromatic heterocycles. The van der Waals surface area contributed by atoms with Gasteiger partial charge in [0.15, 0.2) is 0 Å². The third kappa shape index (κ3) is 2.45. The number of aryl methyl sites for hydroxylation is 1. The number of aliphatic imine (C=N–C) groups is 1. The first-order valence-corrected chi connectivity index (χ1v) is 5.71. The number of nitrogens with zero attached hydrogens (tertiary/aromatic N) is 1. The van der Waals surface area contributed by atoms with Crippen molar-refractivity contribution < 1.29 is 14.7 Å². The van der Waals surface area contributed by atoms with Crippen LogP contribution in [0.2, 0.25) is 0 Å². The van der Waals surface area contributed by atoms with E-state index in [1.807, 2.05) is 31.2 Å². The van der Waals surface area contributed by atoms with Gasteiger partial charge in [-0.1, -0.05) is 36.0 Å². The van der Waals surface area contributed by atoms with Crippen LogP contribution in [-0.4, -0.2) is 22.0 Å². The highest BCUT2D eigenvalue weighted by molar-refractivity contribution is 8.19. The van der Waals surface area contributed by atoms with Crippen molar-refractivity contribution in [2.45, 2.75) is 6.92 Å². The van der Waals surface area contributed by atoms with Crippen molar-refractivity contribution in [1.82, 2.24) is 0 Å². The lowest BCUT2D eigenvalue weighted by Gasteiger charge is -2.02. The van der Waals surface area contributed by atoms with Crippen LogP contribution in [0.5, 0.6) is 0 Å². The molecule has 1 amide bonds. The molecule has 1 aliphatic rings. The molecule has 4 nitrogen and oxygen atoms in total. The number of thioether (sulfide) groups is 1. The van der Waals surface area contributed by atoms with Crippen molar-refractivity contribution in [3.63, 3.8) is 0 Å². The molecule has 2 rings (SSSR count). The fourth-order valence-corrected chi connectivity index (χ4v) is 2.42. The van der Waals surface area contributed by atoms with Gasteiger partial charge < -0.3 is 5.11 Å². The summed E-state index contributed by atoms with van der Waals surface area (Å²) in [6.45, 7) is 1.92. The van der Waals surface area contributed by atoms with E-state index in [1.165, 1.54) is 0 Å². The second-order valence-corrected chi connectivity index (χ2v) is 4.52. The summed E-state index contributed by atoms with van der Waals surface area (Å²) in [6.07, 6.45) is 0.891. The quantitative estimate of drug-likeness (QED) is 0.811. The molecular weight excluding hydrogens is 238 g/mol.